The molecule has 1 heterocycles. The Hall–Kier alpha value is -0.510. The predicted octanol–water partition coefficient (Wildman–Crippen LogP) is 2.12. The van der Waals surface area contributed by atoms with Crippen molar-refractivity contribution < 1.29 is 0 Å². The fraction of sp³-hybridized carbons (Fsp3) is 0.538. The number of benzene rings is 1. The smallest absolute Gasteiger partial charge is 0.0290 e. The fourth-order valence-corrected chi connectivity index (χ4v) is 2.80. The first kappa shape index (κ1) is 12.0. The van der Waals surface area contributed by atoms with Crippen molar-refractivity contribution in [3.8, 4) is 0 Å². The van der Waals surface area contributed by atoms with Gasteiger partial charge in [0.25, 0.3) is 0 Å². The summed E-state index contributed by atoms with van der Waals surface area (Å²) in [4.78, 5) is 1.36. The van der Waals surface area contributed by atoms with Crippen LogP contribution in [0.2, 0.25) is 0 Å². The molecule has 0 aliphatic carbocycles. The van der Waals surface area contributed by atoms with E-state index in [-0.39, 0.29) is 0 Å². The number of hydrogen-bond donors (Lipinski definition) is 2. The zero-order valence-electron chi connectivity index (χ0n) is 9.83. The zero-order valence-corrected chi connectivity index (χ0v) is 10.6. The Morgan fingerprint density at radius 3 is 2.88 bits per heavy atom. The maximum Gasteiger partial charge on any atom is 0.0290 e. The van der Waals surface area contributed by atoms with Crippen LogP contribution in [0.5, 0.6) is 0 Å². The van der Waals surface area contributed by atoms with Gasteiger partial charge in [-0.2, -0.15) is 0 Å². The summed E-state index contributed by atoms with van der Waals surface area (Å²) in [6, 6.07) is 10.6. The predicted molar refractivity (Wildman–Crippen MR) is 71.1 cm³/mol. The van der Waals surface area contributed by atoms with Gasteiger partial charge in [0, 0.05) is 29.3 Å². The summed E-state index contributed by atoms with van der Waals surface area (Å²) >= 11 is 1.92. The minimum Gasteiger partial charge on any atom is -0.315 e. The summed E-state index contributed by atoms with van der Waals surface area (Å²) in [7, 11) is 0. The second-order valence-corrected chi connectivity index (χ2v) is 5.74. The lowest BCUT2D eigenvalue weighted by molar-refractivity contribution is 0.400. The quantitative estimate of drug-likeness (QED) is 0.605. The van der Waals surface area contributed by atoms with Crippen molar-refractivity contribution in [2.24, 2.45) is 0 Å². The molecule has 0 radical (unpaired) electrons. The monoisotopic (exact) mass is 236 g/mol. The van der Waals surface area contributed by atoms with Crippen LogP contribution in [-0.2, 0) is 0 Å². The largest absolute Gasteiger partial charge is 0.315 e. The van der Waals surface area contributed by atoms with Gasteiger partial charge in [0.2, 0.25) is 0 Å². The van der Waals surface area contributed by atoms with Crippen LogP contribution in [0.1, 0.15) is 13.3 Å². The minimum atomic E-state index is 0.317. The lowest BCUT2D eigenvalue weighted by Gasteiger charge is -2.24. The van der Waals surface area contributed by atoms with Gasteiger partial charge in [-0.15, -0.1) is 11.8 Å². The van der Waals surface area contributed by atoms with Gasteiger partial charge in [-0.3, -0.25) is 0 Å². The van der Waals surface area contributed by atoms with Gasteiger partial charge in [0.15, 0.2) is 0 Å². The van der Waals surface area contributed by atoms with E-state index in [0.29, 0.717) is 5.54 Å². The molecule has 0 bridgehead atoms. The van der Waals surface area contributed by atoms with Gasteiger partial charge >= 0.3 is 0 Å². The average molecular weight is 236 g/mol. The summed E-state index contributed by atoms with van der Waals surface area (Å²) in [6.07, 6.45) is 1.24. The normalized spacial score (nSPS) is 24.8. The molecule has 0 saturated carbocycles. The molecule has 0 aromatic heterocycles. The number of thioether (sulfide) groups is 1. The molecule has 1 aliphatic heterocycles. The van der Waals surface area contributed by atoms with Crippen molar-refractivity contribution >= 4 is 11.8 Å². The highest BCUT2D eigenvalue weighted by atomic mass is 32.2. The van der Waals surface area contributed by atoms with Crippen LogP contribution in [0, 0.1) is 0 Å². The van der Waals surface area contributed by atoms with Crippen molar-refractivity contribution in [2.45, 2.75) is 23.8 Å². The van der Waals surface area contributed by atoms with Gasteiger partial charge in [-0.25, -0.2) is 0 Å². The molecular formula is C13H20N2S. The Kier molecular flexibility index (Phi) is 4.27. The standard InChI is InChI=1S/C13H20N2S/c1-13(7-8-14-11-13)15-9-10-16-12-5-3-2-4-6-12/h2-6,14-15H,7-11H2,1H3. The summed E-state index contributed by atoms with van der Waals surface area (Å²) < 4.78 is 0. The van der Waals surface area contributed by atoms with Crippen molar-refractivity contribution in [3.05, 3.63) is 30.3 Å². The van der Waals surface area contributed by atoms with Crippen molar-refractivity contribution in [1.29, 1.82) is 0 Å². The topological polar surface area (TPSA) is 24.1 Å². The average Bonchev–Trinajstić information content (AvgIpc) is 2.74. The molecule has 1 saturated heterocycles. The molecule has 88 valence electrons. The van der Waals surface area contributed by atoms with Crippen LogP contribution < -0.4 is 10.6 Å². The van der Waals surface area contributed by atoms with Gasteiger partial charge in [0.1, 0.15) is 0 Å². The zero-order chi connectivity index (χ0) is 11.3. The number of nitrogens with one attached hydrogen (secondary N) is 2. The van der Waals surface area contributed by atoms with E-state index in [1.807, 2.05) is 11.8 Å². The molecule has 16 heavy (non-hydrogen) atoms. The summed E-state index contributed by atoms with van der Waals surface area (Å²) in [6.45, 7) is 5.64. The first-order valence-corrected chi connectivity index (χ1v) is 6.91. The highest BCUT2D eigenvalue weighted by Crippen LogP contribution is 2.17. The first-order valence-electron chi connectivity index (χ1n) is 5.92. The van der Waals surface area contributed by atoms with Crippen LogP contribution >= 0.6 is 11.8 Å². The van der Waals surface area contributed by atoms with Crippen LogP contribution in [0.4, 0.5) is 0 Å². The third-order valence-electron chi connectivity index (χ3n) is 3.03. The third-order valence-corrected chi connectivity index (χ3v) is 4.05. The van der Waals surface area contributed by atoms with E-state index in [9.17, 15) is 0 Å². The Morgan fingerprint density at radius 1 is 1.38 bits per heavy atom. The van der Waals surface area contributed by atoms with Crippen molar-refractivity contribution in [2.75, 3.05) is 25.4 Å². The van der Waals surface area contributed by atoms with Crippen LogP contribution in [0.15, 0.2) is 35.2 Å². The maximum atomic E-state index is 3.64. The SMILES string of the molecule is CC1(NCCSc2ccccc2)CCNC1. The molecule has 1 aromatic carbocycles. The third kappa shape index (κ3) is 3.51. The molecule has 1 aromatic rings. The van der Waals surface area contributed by atoms with E-state index in [1.54, 1.807) is 0 Å². The van der Waals surface area contributed by atoms with Gasteiger partial charge in [0.05, 0.1) is 0 Å². The fourth-order valence-electron chi connectivity index (χ4n) is 2.01. The van der Waals surface area contributed by atoms with E-state index in [0.717, 1.165) is 25.4 Å². The Bertz CT molecular complexity index is 307. The molecule has 1 unspecified atom stereocenters. The number of hydrogen-bond acceptors (Lipinski definition) is 3. The van der Waals surface area contributed by atoms with Crippen LogP contribution in [0.25, 0.3) is 0 Å². The van der Waals surface area contributed by atoms with Gasteiger partial charge in [-0.1, -0.05) is 18.2 Å². The van der Waals surface area contributed by atoms with Gasteiger partial charge < -0.3 is 10.6 Å². The molecular weight excluding hydrogens is 216 g/mol. The van der Waals surface area contributed by atoms with Crippen LogP contribution in [-0.4, -0.2) is 30.9 Å². The molecule has 1 fully saturated rings. The van der Waals surface area contributed by atoms with E-state index in [4.69, 9.17) is 0 Å². The summed E-state index contributed by atoms with van der Waals surface area (Å²) in [5.41, 5.74) is 0.317. The van der Waals surface area contributed by atoms with E-state index in [2.05, 4.69) is 47.9 Å². The maximum absolute atomic E-state index is 3.64. The van der Waals surface area contributed by atoms with Crippen LogP contribution in [0.3, 0.4) is 0 Å². The molecule has 1 aliphatic rings. The Labute approximate surface area is 102 Å². The minimum absolute atomic E-state index is 0.317. The second kappa shape index (κ2) is 5.71. The molecule has 2 N–H and O–H groups in total. The first-order chi connectivity index (χ1) is 7.79. The number of rotatable bonds is 5. The lowest BCUT2D eigenvalue weighted by atomic mass is 10.0. The van der Waals surface area contributed by atoms with E-state index in [1.165, 1.54) is 11.3 Å². The van der Waals surface area contributed by atoms with E-state index < -0.39 is 0 Å². The Balaban J connectivity index is 1.65. The van der Waals surface area contributed by atoms with E-state index >= 15 is 0 Å². The summed E-state index contributed by atoms with van der Waals surface area (Å²) in [5.74, 6) is 1.14. The molecule has 1 atom stereocenters. The van der Waals surface area contributed by atoms with Crippen molar-refractivity contribution in [3.63, 3.8) is 0 Å². The Morgan fingerprint density at radius 2 is 2.19 bits per heavy atom. The molecule has 2 nitrogen and oxygen atoms in total. The lowest BCUT2D eigenvalue weighted by Crippen LogP contribution is -2.45. The second-order valence-electron chi connectivity index (χ2n) is 4.58. The summed E-state index contributed by atoms with van der Waals surface area (Å²) in [5, 5.41) is 7.05. The highest BCUT2D eigenvalue weighted by molar-refractivity contribution is 7.99. The van der Waals surface area contributed by atoms with Crippen molar-refractivity contribution in [1.82, 2.24) is 10.6 Å². The molecule has 2 rings (SSSR count). The molecule has 0 spiro atoms. The highest BCUT2D eigenvalue weighted by Gasteiger charge is 2.26. The molecule has 3 heteroatoms. The van der Waals surface area contributed by atoms with Gasteiger partial charge in [-0.05, 0) is 32.0 Å². The molecule has 0 amide bonds.